The van der Waals surface area contributed by atoms with Crippen molar-refractivity contribution in [1.82, 2.24) is 9.62 Å². The maximum atomic E-state index is 12.5. The third kappa shape index (κ3) is 2.81. The Balaban J connectivity index is 2.28. The van der Waals surface area contributed by atoms with Crippen molar-refractivity contribution in [3.63, 3.8) is 0 Å². The molecule has 0 aromatic carbocycles. The Hall–Kier alpha value is -0.960. The summed E-state index contributed by atoms with van der Waals surface area (Å²) < 4.78 is 31.0. The first kappa shape index (κ1) is 14.4. The van der Waals surface area contributed by atoms with Crippen LogP contribution in [0.1, 0.15) is 16.6 Å². The van der Waals surface area contributed by atoms with Crippen LogP contribution in [0.25, 0.3) is 0 Å². The van der Waals surface area contributed by atoms with E-state index in [1.165, 1.54) is 22.9 Å². The third-order valence-corrected chi connectivity index (χ3v) is 6.06. The van der Waals surface area contributed by atoms with Crippen molar-refractivity contribution < 1.29 is 17.9 Å². The van der Waals surface area contributed by atoms with Gasteiger partial charge in [0.2, 0.25) is 10.0 Å². The number of thiophene rings is 1. The highest BCUT2D eigenvalue weighted by molar-refractivity contribution is 7.89. The van der Waals surface area contributed by atoms with Crippen LogP contribution in [0, 0.1) is 0 Å². The molecule has 0 radical (unpaired) electrons. The predicted octanol–water partition coefficient (Wildman–Crippen LogP) is 0.517. The number of ether oxygens (including phenoxy) is 1. The van der Waals surface area contributed by atoms with Crippen molar-refractivity contribution >= 4 is 27.3 Å². The molecule has 1 saturated heterocycles. The highest BCUT2D eigenvalue weighted by atomic mass is 32.2. The second-order valence-corrected chi connectivity index (χ2v) is 7.11. The molecule has 0 amide bonds. The molecular weight excluding hydrogens is 288 g/mol. The molecule has 1 unspecified atom stereocenters. The number of carbonyl (C=O) groups is 1. The molecule has 1 aromatic rings. The van der Waals surface area contributed by atoms with Gasteiger partial charge in [0.15, 0.2) is 0 Å². The monoisotopic (exact) mass is 304 g/mol. The second kappa shape index (κ2) is 5.58. The van der Waals surface area contributed by atoms with Gasteiger partial charge < -0.3 is 10.1 Å². The van der Waals surface area contributed by atoms with Gasteiger partial charge in [-0.2, -0.15) is 4.31 Å². The van der Waals surface area contributed by atoms with Crippen molar-refractivity contribution in [3.05, 3.63) is 16.3 Å². The largest absolute Gasteiger partial charge is 0.465 e. The lowest BCUT2D eigenvalue weighted by Gasteiger charge is -2.32. The fourth-order valence-corrected chi connectivity index (χ4v) is 4.79. The Morgan fingerprint density at radius 2 is 2.32 bits per heavy atom. The molecule has 0 bridgehead atoms. The van der Waals surface area contributed by atoms with Gasteiger partial charge in [0.1, 0.15) is 4.88 Å². The number of piperazine rings is 1. The normalized spacial score (nSPS) is 21.3. The number of hydrogen-bond acceptors (Lipinski definition) is 6. The summed E-state index contributed by atoms with van der Waals surface area (Å²) in [5.41, 5.74) is 0. The first-order valence-corrected chi connectivity index (χ1v) is 8.18. The van der Waals surface area contributed by atoms with Crippen LogP contribution in [0.2, 0.25) is 0 Å². The maximum absolute atomic E-state index is 12.5. The molecule has 0 saturated carbocycles. The molecule has 1 fully saturated rings. The quantitative estimate of drug-likeness (QED) is 0.824. The van der Waals surface area contributed by atoms with E-state index >= 15 is 0 Å². The van der Waals surface area contributed by atoms with Gasteiger partial charge in [-0.1, -0.05) is 0 Å². The Bertz CT molecular complexity index is 567. The fourth-order valence-electron chi connectivity index (χ4n) is 1.98. The first-order chi connectivity index (χ1) is 8.96. The van der Waals surface area contributed by atoms with Gasteiger partial charge in [-0.05, 0) is 13.0 Å². The Labute approximate surface area is 116 Å². The number of esters is 1. The van der Waals surface area contributed by atoms with Crippen molar-refractivity contribution in [2.24, 2.45) is 0 Å². The summed E-state index contributed by atoms with van der Waals surface area (Å²) in [6.45, 7) is 3.56. The van der Waals surface area contributed by atoms with E-state index in [1.54, 1.807) is 0 Å². The predicted molar refractivity (Wildman–Crippen MR) is 71.9 cm³/mol. The van der Waals surface area contributed by atoms with Gasteiger partial charge in [-0.15, -0.1) is 11.3 Å². The SMILES string of the molecule is COC(=O)c1cc(S(=O)(=O)N2CCNCC2C)cs1. The van der Waals surface area contributed by atoms with Gasteiger partial charge in [0.05, 0.1) is 12.0 Å². The summed E-state index contributed by atoms with van der Waals surface area (Å²) in [7, 11) is -2.26. The summed E-state index contributed by atoms with van der Waals surface area (Å²) in [5.74, 6) is -0.514. The number of hydrogen-bond donors (Lipinski definition) is 1. The minimum atomic E-state index is -3.54. The van der Waals surface area contributed by atoms with E-state index in [1.807, 2.05) is 6.92 Å². The van der Waals surface area contributed by atoms with Crippen LogP contribution in [0.15, 0.2) is 16.3 Å². The number of nitrogens with zero attached hydrogens (tertiary/aromatic N) is 1. The summed E-state index contributed by atoms with van der Waals surface area (Å²) in [6.07, 6.45) is 0. The molecule has 19 heavy (non-hydrogen) atoms. The van der Waals surface area contributed by atoms with Crippen molar-refractivity contribution in [2.75, 3.05) is 26.7 Å². The van der Waals surface area contributed by atoms with E-state index in [2.05, 4.69) is 10.1 Å². The molecule has 1 atom stereocenters. The number of carbonyl (C=O) groups excluding carboxylic acids is 1. The standard InChI is InChI=1S/C11H16N2O4S2/c1-8-6-12-3-4-13(8)19(15,16)9-5-10(18-7-9)11(14)17-2/h5,7-8,12H,3-4,6H2,1-2H3. The minimum absolute atomic E-state index is 0.0970. The fraction of sp³-hybridized carbons (Fsp3) is 0.545. The second-order valence-electron chi connectivity index (χ2n) is 4.31. The van der Waals surface area contributed by atoms with Gasteiger partial charge in [0, 0.05) is 31.1 Å². The van der Waals surface area contributed by atoms with Crippen LogP contribution in [-0.4, -0.2) is 51.5 Å². The van der Waals surface area contributed by atoms with E-state index in [0.717, 1.165) is 11.3 Å². The van der Waals surface area contributed by atoms with Crippen molar-refractivity contribution in [1.29, 1.82) is 0 Å². The number of methoxy groups -OCH3 is 1. The average Bonchev–Trinajstić information content (AvgIpc) is 2.88. The summed E-state index contributed by atoms with van der Waals surface area (Å²) in [4.78, 5) is 11.8. The molecule has 106 valence electrons. The summed E-state index contributed by atoms with van der Waals surface area (Å²) >= 11 is 1.08. The van der Waals surface area contributed by atoms with Crippen LogP contribution < -0.4 is 5.32 Å². The van der Waals surface area contributed by atoms with E-state index < -0.39 is 16.0 Å². The highest BCUT2D eigenvalue weighted by Gasteiger charge is 2.32. The molecule has 8 heteroatoms. The Morgan fingerprint density at radius 3 is 2.95 bits per heavy atom. The van der Waals surface area contributed by atoms with E-state index in [-0.39, 0.29) is 10.9 Å². The number of sulfonamides is 1. The Morgan fingerprint density at radius 1 is 1.58 bits per heavy atom. The van der Waals surface area contributed by atoms with Crippen LogP contribution in [0.5, 0.6) is 0 Å². The molecule has 1 aliphatic heterocycles. The van der Waals surface area contributed by atoms with Gasteiger partial charge in [-0.25, -0.2) is 13.2 Å². The smallest absolute Gasteiger partial charge is 0.348 e. The van der Waals surface area contributed by atoms with Gasteiger partial charge in [-0.3, -0.25) is 0 Å². The lowest BCUT2D eigenvalue weighted by molar-refractivity contribution is 0.0606. The number of rotatable bonds is 3. The molecular formula is C11H16N2O4S2. The molecule has 0 spiro atoms. The molecule has 1 aliphatic rings. The van der Waals surface area contributed by atoms with Crippen LogP contribution in [0.4, 0.5) is 0 Å². The average molecular weight is 304 g/mol. The zero-order valence-electron chi connectivity index (χ0n) is 10.8. The molecule has 2 rings (SSSR count). The van der Waals surface area contributed by atoms with Crippen molar-refractivity contribution in [3.8, 4) is 0 Å². The van der Waals surface area contributed by atoms with Crippen molar-refractivity contribution in [2.45, 2.75) is 17.9 Å². The molecule has 1 aromatic heterocycles. The van der Waals surface area contributed by atoms with E-state index in [4.69, 9.17) is 0 Å². The molecule has 1 N–H and O–H groups in total. The summed E-state index contributed by atoms with van der Waals surface area (Å²) in [5, 5.41) is 4.63. The summed E-state index contributed by atoms with van der Waals surface area (Å²) in [6, 6.07) is 1.28. The van der Waals surface area contributed by atoms with Gasteiger partial charge in [0.25, 0.3) is 0 Å². The lowest BCUT2D eigenvalue weighted by Crippen LogP contribution is -2.52. The van der Waals surface area contributed by atoms with Crippen LogP contribution in [0.3, 0.4) is 0 Å². The minimum Gasteiger partial charge on any atom is -0.465 e. The third-order valence-electron chi connectivity index (χ3n) is 3.01. The maximum Gasteiger partial charge on any atom is 0.348 e. The molecule has 6 nitrogen and oxygen atoms in total. The zero-order valence-corrected chi connectivity index (χ0v) is 12.4. The Kier molecular flexibility index (Phi) is 4.24. The molecule has 2 heterocycles. The van der Waals surface area contributed by atoms with E-state index in [9.17, 15) is 13.2 Å². The number of nitrogens with one attached hydrogen (secondary N) is 1. The molecule has 0 aliphatic carbocycles. The van der Waals surface area contributed by atoms with Gasteiger partial charge >= 0.3 is 5.97 Å². The zero-order chi connectivity index (χ0) is 14.0. The topological polar surface area (TPSA) is 75.7 Å². The lowest BCUT2D eigenvalue weighted by atomic mass is 10.3. The first-order valence-electron chi connectivity index (χ1n) is 5.86. The highest BCUT2D eigenvalue weighted by Crippen LogP contribution is 2.25. The van der Waals surface area contributed by atoms with Crippen LogP contribution in [-0.2, 0) is 14.8 Å². The van der Waals surface area contributed by atoms with Crippen LogP contribution >= 0.6 is 11.3 Å². The van der Waals surface area contributed by atoms with E-state index in [0.29, 0.717) is 24.5 Å².